The van der Waals surface area contributed by atoms with Gasteiger partial charge in [0.15, 0.2) is 0 Å². The molecule has 5 nitrogen and oxygen atoms in total. The van der Waals surface area contributed by atoms with Gasteiger partial charge in [-0.15, -0.1) is 0 Å². The molecule has 0 N–H and O–H groups in total. The number of benzene rings is 3. The highest BCUT2D eigenvalue weighted by atomic mass is 19.1. The summed E-state index contributed by atoms with van der Waals surface area (Å²) >= 11 is 0. The summed E-state index contributed by atoms with van der Waals surface area (Å²) in [5.74, 6) is 0.398. The monoisotopic (exact) mass is 514 g/mol. The molecule has 0 saturated heterocycles. The standard InChI is InChI=1S/C32H35FN2O3/c1-23(2)20-31(36)34-19-7-10-29(26-13-17-28(38-3)18-14-26)35(22-25-11-15-27(33)16-12-25)32(37)30(34)21-24-8-5-4-6-9-24/h4-18,23,29-30H,19-22H2,1-3H3/b10-7-/t29?,30-/m0/s1. The quantitative estimate of drug-likeness (QED) is 0.349. The van der Waals surface area contributed by atoms with E-state index < -0.39 is 6.04 Å². The highest BCUT2D eigenvalue weighted by Crippen LogP contribution is 2.30. The van der Waals surface area contributed by atoms with Gasteiger partial charge in [0.1, 0.15) is 17.6 Å². The lowest BCUT2D eigenvalue weighted by molar-refractivity contribution is -0.147. The average Bonchev–Trinajstić information content (AvgIpc) is 2.91. The Bertz CT molecular complexity index is 1240. The molecule has 1 unspecified atom stereocenters. The van der Waals surface area contributed by atoms with E-state index in [-0.39, 0.29) is 36.1 Å². The molecule has 2 atom stereocenters. The molecular weight excluding hydrogens is 479 g/mol. The number of carbonyl (C=O) groups is 2. The number of amides is 2. The molecule has 1 aliphatic heterocycles. The Labute approximate surface area is 224 Å². The third kappa shape index (κ3) is 6.68. The van der Waals surface area contributed by atoms with Gasteiger partial charge in [0.25, 0.3) is 0 Å². The number of halogens is 1. The second-order valence-corrected chi connectivity index (χ2v) is 10.1. The smallest absolute Gasteiger partial charge is 0.246 e. The molecule has 2 amide bonds. The fourth-order valence-corrected chi connectivity index (χ4v) is 4.83. The van der Waals surface area contributed by atoms with E-state index in [9.17, 15) is 14.0 Å². The van der Waals surface area contributed by atoms with E-state index in [1.807, 2.05) is 80.6 Å². The first-order valence-corrected chi connectivity index (χ1v) is 13.0. The first-order chi connectivity index (χ1) is 18.4. The Morgan fingerprint density at radius 2 is 1.66 bits per heavy atom. The van der Waals surface area contributed by atoms with Crippen LogP contribution in [0.2, 0.25) is 0 Å². The molecule has 0 aliphatic carbocycles. The maximum absolute atomic E-state index is 14.5. The van der Waals surface area contributed by atoms with Crippen LogP contribution in [0.25, 0.3) is 0 Å². The SMILES string of the molecule is COc1ccc(C2/C=C\CN(C(=O)CC(C)C)[C@@H](Cc3ccccc3)C(=O)N2Cc2ccc(F)cc2)cc1. The van der Waals surface area contributed by atoms with Crippen LogP contribution in [-0.2, 0) is 22.6 Å². The fraction of sp³-hybridized carbons (Fsp3) is 0.312. The lowest BCUT2D eigenvalue weighted by Gasteiger charge is -2.40. The van der Waals surface area contributed by atoms with Crippen LogP contribution in [-0.4, -0.2) is 41.3 Å². The first kappa shape index (κ1) is 27.1. The van der Waals surface area contributed by atoms with Crippen LogP contribution in [0.1, 0.15) is 43.0 Å². The van der Waals surface area contributed by atoms with E-state index in [1.54, 1.807) is 29.0 Å². The number of methoxy groups -OCH3 is 1. The number of hydrogen-bond acceptors (Lipinski definition) is 3. The summed E-state index contributed by atoms with van der Waals surface area (Å²) in [5.41, 5.74) is 2.73. The van der Waals surface area contributed by atoms with Crippen molar-refractivity contribution >= 4 is 11.8 Å². The van der Waals surface area contributed by atoms with Gasteiger partial charge in [0.05, 0.1) is 13.2 Å². The molecule has 1 heterocycles. The predicted molar refractivity (Wildman–Crippen MR) is 147 cm³/mol. The molecule has 198 valence electrons. The van der Waals surface area contributed by atoms with Crippen LogP contribution in [0.3, 0.4) is 0 Å². The van der Waals surface area contributed by atoms with Gasteiger partial charge in [0.2, 0.25) is 11.8 Å². The molecule has 0 spiro atoms. The molecule has 3 aromatic rings. The Kier molecular flexibility index (Phi) is 8.95. The number of rotatable bonds is 8. The number of carbonyl (C=O) groups excluding carboxylic acids is 2. The molecule has 0 fully saturated rings. The molecule has 0 aromatic heterocycles. The molecule has 0 radical (unpaired) electrons. The lowest BCUT2D eigenvalue weighted by Crippen LogP contribution is -2.53. The summed E-state index contributed by atoms with van der Waals surface area (Å²) in [6.45, 7) is 4.64. The van der Waals surface area contributed by atoms with Crippen molar-refractivity contribution in [2.45, 2.75) is 45.3 Å². The number of ether oxygens (including phenoxy) is 1. The minimum absolute atomic E-state index is 0.0384. The van der Waals surface area contributed by atoms with Crippen molar-refractivity contribution < 1.29 is 18.7 Å². The molecule has 38 heavy (non-hydrogen) atoms. The average molecular weight is 515 g/mol. The van der Waals surface area contributed by atoms with Crippen LogP contribution in [0.15, 0.2) is 91.0 Å². The van der Waals surface area contributed by atoms with E-state index in [4.69, 9.17) is 4.74 Å². The van der Waals surface area contributed by atoms with Crippen LogP contribution >= 0.6 is 0 Å². The minimum atomic E-state index is -0.671. The minimum Gasteiger partial charge on any atom is -0.497 e. The van der Waals surface area contributed by atoms with Crippen LogP contribution in [0, 0.1) is 11.7 Å². The summed E-state index contributed by atoms with van der Waals surface area (Å²) in [7, 11) is 1.62. The predicted octanol–water partition coefficient (Wildman–Crippen LogP) is 5.96. The van der Waals surface area contributed by atoms with E-state index in [2.05, 4.69) is 0 Å². The van der Waals surface area contributed by atoms with Crippen molar-refractivity contribution in [2.24, 2.45) is 5.92 Å². The molecule has 3 aromatic carbocycles. The van der Waals surface area contributed by atoms with Gasteiger partial charge in [-0.05, 0) is 46.9 Å². The molecule has 4 rings (SSSR count). The maximum Gasteiger partial charge on any atom is 0.246 e. The van der Waals surface area contributed by atoms with Crippen molar-refractivity contribution in [3.8, 4) is 5.75 Å². The van der Waals surface area contributed by atoms with Gasteiger partial charge in [0, 0.05) is 25.9 Å². The van der Waals surface area contributed by atoms with Crippen molar-refractivity contribution in [1.29, 1.82) is 0 Å². The van der Waals surface area contributed by atoms with Gasteiger partial charge in [-0.3, -0.25) is 9.59 Å². The molecule has 0 bridgehead atoms. The highest BCUT2D eigenvalue weighted by molar-refractivity contribution is 5.89. The van der Waals surface area contributed by atoms with Gasteiger partial charge >= 0.3 is 0 Å². The zero-order valence-electron chi connectivity index (χ0n) is 22.2. The zero-order valence-corrected chi connectivity index (χ0v) is 22.2. The number of nitrogens with zero attached hydrogens (tertiary/aromatic N) is 2. The largest absolute Gasteiger partial charge is 0.497 e. The Hall–Kier alpha value is -3.93. The number of hydrogen-bond donors (Lipinski definition) is 0. The summed E-state index contributed by atoms with van der Waals surface area (Å²) in [6, 6.07) is 22.6. The third-order valence-electron chi connectivity index (χ3n) is 6.80. The third-order valence-corrected chi connectivity index (χ3v) is 6.80. The summed E-state index contributed by atoms with van der Waals surface area (Å²) in [6.07, 6.45) is 4.74. The maximum atomic E-state index is 14.5. The molecular formula is C32H35FN2O3. The van der Waals surface area contributed by atoms with Crippen LogP contribution < -0.4 is 4.74 Å². The van der Waals surface area contributed by atoms with Gasteiger partial charge < -0.3 is 14.5 Å². The Morgan fingerprint density at radius 1 is 0.974 bits per heavy atom. The zero-order chi connectivity index (χ0) is 27.1. The Balaban J connectivity index is 1.78. The summed E-state index contributed by atoms with van der Waals surface area (Å²) < 4.78 is 19.0. The van der Waals surface area contributed by atoms with Crippen molar-refractivity contribution in [3.05, 3.63) is 114 Å². The fourth-order valence-electron chi connectivity index (χ4n) is 4.83. The van der Waals surface area contributed by atoms with Crippen LogP contribution in [0.4, 0.5) is 4.39 Å². The van der Waals surface area contributed by atoms with E-state index in [1.165, 1.54) is 12.1 Å². The summed E-state index contributed by atoms with van der Waals surface area (Å²) in [4.78, 5) is 31.4. The van der Waals surface area contributed by atoms with E-state index in [0.29, 0.717) is 19.4 Å². The first-order valence-electron chi connectivity index (χ1n) is 13.0. The summed E-state index contributed by atoms with van der Waals surface area (Å²) in [5, 5.41) is 0. The van der Waals surface area contributed by atoms with E-state index in [0.717, 1.165) is 22.4 Å². The van der Waals surface area contributed by atoms with E-state index >= 15 is 0 Å². The van der Waals surface area contributed by atoms with Gasteiger partial charge in [-0.1, -0.05) is 80.6 Å². The van der Waals surface area contributed by atoms with Gasteiger partial charge in [-0.2, -0.15) is 0 Å². The second kappa shape index (κ2) is 12.5. The lowest BCUT2D eigenvalue weighted by atomic mass is 9.96. The molecule has 0 saturated carbocycles. The Morgan fingerprint density at radius 3 is 2.29 bits per heavy atom. The van der Waals surface area contributed by atoms with Crippen molar-refractivity contribution in [2.75, 3.05) is 13.7 Å². The van der Waals surface area contributed by atoms with Crippen LogP contribution in [0.5, 0.6) is 5.75 Å². The second-order valence-electron chi connectivity index (χ2n) is 10.1. The molecule has 6 heteroatoms. The van der Waals surface area contributed by atoms with Crippen molar-refractivity contribution in [3.63, 3.8) is 0 Å². The normalized spacial score (nSPS) is 18.7. The molecule has 1 aliphatic rings. The topological polar surface area (TPSA) is 49.9 Å². The van der Waals surface area contributed by atoms with Gasteiger partial charge in [-0.25, -0.2) is 4.39 Å². The highest BCUT2D eigenvalue weighted by Gasteiger charge is 2.37. The van der Waals surface area contributed by atoms with Crippen molar-refractivity contribution in [1.82, 2.24) is 9.80 Å².